The monoisotopic (exact) mass is 337 g/mol. The van der Waals surface area contributed by atoms with E-state index in [2.05, 4.69) is 20.3 Å². The molecular formula is C17H19N7O. The van der Waals surface area contributed by atoms with Crippen LogP contribution < -0.4 is 10.6 Å². The number of rotatable bonds is 6. The van der Waals surface area contributed by atoms with E-state index in [1.54, 1.807) is 40.3 Å². The smallest absolute Gasteiger partial charge is 0.260 e. The van der Waals surface area contributed by atoms with Gasteiger partial charge in [0.15, 0.2) is 0 Å². The standard InChI is InChI=1S/C17H19N7O/c1-2-24(17(25)14-4-3-7-19-11-14)16-10-13(5-8-20-16)15-12-23(9-6-18)22-21-15/h3-5,7-8,10-12H,2,6,9,18H2,1H3. The van der Waals surface area contributed by atoms with Gasteiger partial charge in [-0.05, 0) is 31.2 Å². The van der Waals surface area contributed by atoms with E-state index >= 15 is 0 Å². The molecular weight excluding hydrogens is 318 g/mol. The molecule has 0 fully saturated rings. The lowest BCUT2D eigenvalue weighted by Gasteiger charge is -2.20. The van der Waals surface area contributed by atoms with E-state index in [4.69, 9.17) is 5.73 Å². The van der Waals surface area contributed by atoms with Crippen molar-refractivity contribution in [1.29, 1.82) is 0 Å². The summed E-state index contributed by atoms with van der Waals surface area (Å²) in [5.41, 5.74) is 7.60. The minimum atomic E-state index is -0.146. The fourth-order valence-electron chi connectivity index (χ4n) is 2.45. The minimum Gasteiger partial charge on any atom is -0.329 e. The van der Waals surface area contributed by atoms with E-state index < -0.39 is 0 Å². The zero-order valence-corrected chi connectivity index (χ0v) is 13.9. The number of carbonyl (C=O) groups is 1. The zero-order chi connectivity index (χ0) is 17.6. The van der Waals surface area contributed by atoms with Crippen LogP contribution in [0.4, 0.5) is 5.82 Å². The van der Waals surface area contributed by atoms with Crippen LogP contribution in [0.2, 0.25) is 0 Å². The third kappa shape index (κ3) is 3.69. The van der Waals surface area contributed by atoms with Crippen molar-refractivity contribution in [2.45, 2.75) is 13.5 Å². The van der Waals surface area contributed by atoms with Gasteiger partial charge >= 0.3 is 0 Å². The van der Waals surface area contributed by atoms with Gasteiger partial charge < -0.3 is 5.73 Å². The van der Waals surface area contributed by atoms with Gasteiger partial charge in [-0.3, -0.25) is 19.4 Å². The quantitative estimate of drug-likeness (QED) is 0.728. The van der Waals surface area contributed by atoms with Crippen LogP contribution in [0.15, 0.2) is 49.1 Å². The largest absolute Gasteiger partial charge is 0.329 e. The molecule has 3 aromatic rings. The molecule has 0 aliphatic carbocycles. The molecule has 0 saturated carbocycles. The van der Waals surface area contributed by atoms with E-state index in [0.29, 0.717) is 36.7 Å². The van der Waals surface area contributed by atoms with E-state index in [-0.39, 0.29) is 5.91 Å². The highest BCUT2D eigenvalue weighted by Crippen LogP contribution is 2.22. The van der Waals surface area contributed by atoms with Gasteiger partial charge in [-0.25, -0.2) is 4.98 Å². The van der Waals surface area contributed by atoms with Gasteiger partial charge in [-0.15, -0.1) is 5.10 Å². The van der Waals surface area contributed by atoms with Crippen molar-refractivity contribution in [2.24, 2.45) is 5.73 Å². The van der Waals surface area contributed by atoms with Crippen LogP contribution in [-0.4, -0.2) is 44.0 Å². The third-order valence-corrected chi connectivity index (χ3v) is 3.68. The fraction of sp³-hybridized carbons (Fsp3) is 0.235. The highest BCUT2D eigenvalue weighted by atomic mass is 16.2. The molecule has 0 unspecified atom stereocenters. The Morgan fingerprint density at radius 2 is 2.20 bits per heavy atom. The second-order valence-electron chi connectivity index (χ2n) is 5.35. The van der Waals surface area contributed by atoms with Gasteiger partial charge in [0.05, 0.1) is 18.3 Å². The lowest BCUT2D eigenvalue weighted by atomic mass is 10.2. The lowest BCUT2D eigenvalue weighted by Crippen LogP contribution is -2.31. The normalized spacial score (nSPS) is 10.6. The van der Waals surface area contributed by atoms with Crippen LogP contribution in [0.5, 0.6) is 0 Å². The van der Waals surface area contributed by atoms with Crippen LogP contribution >= 0.6 is 0 Å². The summed E-state index contributed by atoms with van der Waals surface area (Å²) in [6, 6.07) is 7.14. The molecule has 0 bridgehead atoms. The van der Waals surface area contributed by atoms with Crippen molar-refractivity contribution in [3.05, 3.63) is 54.6 Å². The molecule has 0 aliphatic rings. The van der Waals surface area contributed by atoms with Gasteiger partial charge in [-0.2, -0.15) is 0 Å². The first-order valence-electron chi connectivity index (χ1n) is 8.01. The highest BCUT2D eigenvalue weighted by Gasteiger charge is 2.18. The first kappa shape index (κ1) is 16.7. The maximum absolute atomic E-state index is 12.7. The Morgan fingerprint density at radius 3 is 2.92 bits per heavy atom. The number of pyridine rings is 2. The van der Waals surface area contributed by atoms with E-state index in [1.807, 2.05) is 25.3 Å². The van der Waals surface area contributed by atoms with E-state index in [0.717, 1.165) is 5.56 Å². The summed E-state index contributed by atoms with van der Waals surface area (Å²) in [6.45, 7) is 3.49. The molecule has 0 radical (unpaired) electrons. The number of aromatic nitrogens is 5. The number of amides is 1. The molecule has 25 heavy (non-hydrogen) atoms. The lowest BCUT2D eigenvalue weighted by molar-refractivity contribution is 0.0987. The van der Waals surface area contributed by atoms with Crippen molar-refractivity contribution in [2.75, 3.05) is 18.0 Å². The predicted molar refractivity (Wildman–Crippen MR) is 93.9 cm³/mol. The van der Waals surface area contributed by atoms with Gasteiger partial charge in [-0.1, -0.05) is 5.21 Å². The van der Waals surface area contributed by atoms with Crippen LogP contribution in [0.1, 0.15) is 17.3 Å². The molecule has 8 nitrogen and oxygen atoms in total. The molecule has 3 rings (SSSR count). The summed E-state index contributed by atoms with van der Waals surface area (Å²) in [6.07, 6.45) is 6.67. The van der Waals surface area contributed by atoms with Crippen molar-refractivity contribution < 1.29 is 4.79 Å². The second-order valence-corrected chi connectivity index (χ2v) is 5.35. The molecule has 0 aliphatic heterocycles. The Balaban J connectivity index is 1.89. The van der Waals surface area contributed by atoms with Crippen molar-refractivity contribution >= 4 is 11.7 Å². The van der Waals surface area contributed by atoms with Crippen molar-refractivity contribution in [3.63, 3.8) is 0 Å². The summed E-state index contributed by atoms with van der Waals surface area (Å²) in [5, 5.41) is 8.19. The fourth-order valence-corrected chi connectivity index (χ4v) is 2.45. The topological polar surface area (TPSA) is 103 Å². The molecule has 3 aromatic heterocycles. The summed E-state index contributed by atoms with van der Waals surface area (Å²) in [7, 11) is 0. The number of hydrogen-bond acceptors (Lipinski definition) is 6. The van der Waals surface area contributed by atoms with Gasteiger partial charge in [0, 0.05) is 37.2 Å². The molecule has 128 valence electrons. The van der Waals surface area contributed by atoms with Gasteiger partial charge in [0.2, 0.25) is 0 Å². The maximum Gasteiger partial charge on any atom is 0.260 e. The summed E-state index contributed by atoms with van der Waals surface area (Å²) in [5.74, 6) is 0.411. The number of nitrogens with zero attached hydrogens (tertiary/aromatic N) is 6. The molecule has 1 amide bonds. The Hall–Kier alpha value is -3.13. The zero-order valence-electron chi connectivity index (χ0n) is 13.9. The molecule has 2 N–H and O–H groups in total. The van der Waals surface area contributed by atoms with Gasteiger partial charge in [0.25, 0.3) is 5.91 Å². The molecule has 0 spiro atoms. The Morgan fingerprint density at radius 1 is 1.32 bits per heavy atom. The molecule has 0 aromatic carbocycles. The summed E-state index contributed by atoms with van der Waals surface area (Å²) >= 11 is 0. The summed E-state index contributed by atoms with van der Waals surface area (Å²) < 4.78 is 1.69. The molecule has 3 heterocycles. The van der Waals surface area contributed by atoms with Crippen LogP contribution in [0.25, 0.3) is 11.3 Å². The first-order chi connectivity index (χ1) is 12.2. The number of carbonyl (C=O) groups excluding carboxylic acids is 1. The van der Waals surface area contributed by atoms with Crippen LogP contribution in [0.3, 0.4) is 0 Å². The molecule has 0 atom stereocenters. The van der Waals surface area contributed by atoms with Gasteiger partial charge in [0.1, 0.15) is 11.5 Å². The Labute approximate surface area is 145 Å². The minimum absolute atomic E-state index is 0.146. The number of nitrogens with two attached hydrogens (primary N) is 1. The molecule has 0 saturated heterocycles. The van der Waals surface area contributed by atoms with Crippen molar-refractivity contribution in [1.82, 2.24) is 25.0 Å². The Kier molecular flexibility index (Phi) is 5.10. The first-order valence-corrected chi connectivity index (χ1v) is 8.01. The third-order valence-electron chi connectivity index (χ3n) is 3.68. The van der Waals surface area contributed by atoms with E-state index in [1.165, 1.54) is 0 Å². The SMILES string of the molecule is CCN(C(=O)c1cccnc1)c1cc(-c2cn(CCN)nn2)ccn1. The van der Waals surface area contributed by atoms with Crippen LogP contribution in [-0.2, 0) is 6.54 Å². The van der Waals surface area contributed by atoms with Crippen LogP contribution in [0, 0.1) is 0 Å². The predicted octanol–water partition coefficient (Wildman–Crippen LogP) is 1.36. The highest BCUT2D eigenvalue weighted by molar-refractivity contribution is 6.05. The molecule has 8 heteroatoms. The van der Waals surface area contributed by atoms with E-state index in [9.17, 15) is 4.79 Å². The average molecular weight is 337 g/mol. The summed E-state index contributed by atoms with van der Waals surface area (Å²) in [4.78, 5) is 22.7. The van der Waals surface area contributed by atoms with Crippen molar-refractivity contribution in [3.8, 4) is 11.3 Å². The number of anilines is 1. The second kappa shape index (κ2) is 7.63. The maximum atomic E-state index is 12.7. The number of hydrogen-bond donors (Lipinski definition) is 1. The average Bonchev–Trinajstić information content (AvgIpc) is 3.12. The Bertz CT molecular complexity index is 847.